The van der Waals surface area contributed by atoms with Gasteiger partial charge < -0.3 is 5.32 Å². The fourth-order valence-electron chi connectivity index (χ4n) is 3.03. The van der Waals surface area contributed by atoms with Crippen molar-refractivity contribution in [3.05, 3.63) is 52.2 Å². The fourth-order valence-corrected chi connectivity index (χ4v) is 3.96. The van der Waals surface area contributed by atoms with Gasteiger partial charge in [0, 0.05) is 29.2 Å². The molecule has 1 saturated heterocycles. The lowest BCUT2D eigenvalue weighted by atomic mass is 9.93. The fraction of sp³-hybridized carbons (Fsp3) is 0.214. The summed E-state index contributed by atoms with van der Waals surface area (Å²) < 4.78 is 0. The number of rotatable bonds is 1. The Balaban J connectivity index is 2.02. The van der Waals surface area contributed by atoms with Gasteiger partial charge in [-0.2, -0.15) is 0 Å². The number of benzene rings is 1. The summed E-state index contributed by atoms with van der Waals surface area (Å²) >= 11 is 1.68. The Bertz CT molecular complexity index is 640. The average molecular weight is 271 g/mol. The Kier molecular flexibility index (Phi) is 2.22. The third kappa shape index (κ3) is 1.34. The topological polar surface area (TPSA) is 44.4 Å². The largest absolute Gasteiger partial charge is 0.323 e. The summed E-state index contributed by atoms with van der Waals surface area (Å²) in [5.41, 5.74) is 1.52. The first-order valence-electron chi connectivity index (χ1n) is 6.29. The molecule has 4 nitrogen and oxygen atoms in total. The van der Waals surface area contributed by atoms with Crippen molar-refractivity contribution in [2.24, 2.45) is 0 Å². The zero-order chi connectivity index (χ0) is 12.9. The molecular weight excluding hydrogens is 258 g/mol. The molecule has 1 atom stereocenters. The Morgan fingerprint density at radius 1 is 1.21 bits per heavy atom. The van der Waals surface area contributed by atoms with Crippen LogP contribution in [0.3, 0.4) is 0 Å². The van der Waals surface area contributed by atoms with Crippen molar-refractivity contribution < 1.29 is 4.79 Å². The van der Waals surface area contributed by atoms with E-state index in [-0.39, 0.29) is 6.03 Å². The number of para-hydroxylation sites is 1. The van der Waals surface area contributed by atoms with E-state index in [9.17, 15) is 4.79 Å². The number of amides is 2. The summed E-state index contributed by atoms with van der Waals surface area (Å²) in [4.78, 5) is 15.4. The molecule has 0 aliphatic carbocycles. The van der Waals surface area contributed by atoms with Gasteiger partial charge in [-0.05, 0) is 17.5 Å². The smallest absolute Gasteiger partial charge is 0.307 e. The number of thiophene rings is 1. The summed E-state index contributed by atoms with van der Waals surface area (Å²) in [5.74, 6) is 0. The third-order valence-corrected chi connectivity index (χ3v) is 4.78. The van der Waals surface area contributed by atoms with Crippen molar-refractivity contribution in [2.75, 3.05) is 18.4 Å². The van der Waals surface area contributed by atoms with E-state index >= 15 is 0 Å². The maximum Gasteiger partial charge on any atom is 0.323 e. The second-order valence-corrected chi connectivity index (χ2v) is 5.69. The predicted octanol–water partition coefficient (Wildman–Crippen LogP) is 2.40. The average Bonchev–Trinajstić information content (AvgIpc) is 3.09. The number of carbonyl (C=O) groups excluding carboxylic acids is 1. The molecule has 5 heteroatoms. The SMILES string of the molecule is O=C1Nc2ccccc2C2(c3cccs3)NCCN12. The van der Waals surface area contributed by atoms with Crippen LogP contribution in [0.2, 0.25) is 0 Å². The van der Waals surface area contributed by atoms with Gasteiger partial charge in [-0.1, -0.05) is 24.3 Å². The van der Waals surface area contributed by atoms with Gasteiger partial charge in [0.05, 0.1) is 0 Å². The zero-order valence-electron chi connectivity index (χ0n) is 10.2. The highest BCUT2D eigenvalue weighted by Gasteiger charge is 2.51. The first kappa shape index (κ1) is 11.0. The van der Waals surface area contributed by atoms with Gasteiger partial charge in [0.2, 0.25) is 0 Å². The molecule has 2 aliphatic rings. The summed E-state index contributed by atoms with van der Waals surface area (Å²) in [7, 11) is 0. The number of nitrogens with zero attached hydrogens (tertiary/aromatic N) is 1. The number of fused-ring (bicyclic) bond motifs is 3. The van der Waals surface area contributed by atoms with Crippen LogP contribution in [0.25, 0.3) is 0 Å². The molecule has 2 aromatic rings. The number of urea groups is 1. The van der Waals surface area contributed by atoms with Gasteiger partial charge in [0.25, 0.3) is 0 Å². The number of hydrogen-bond donors (Lipinski definition) is 2. The van der Waals surface area contributed by atoms with Crippen LogP contribution in [0.15, 0.2) is 41.8 Å². The molecule has 2 aliphatic heterocycles. The highest BCUT2D eigenvalue weighted by molar-refractivity contribution is 7.10. The van der Waals surface area contributed by atoms with Crippen LogP contribution in [0.1, 0.15) is 10.4 Å². The molecule has 3 heterocycles. The van der Waals surface area contributed by atoms with Crippen molar-refractivity contribution >= 4 is 23.1 Å². The van der Waals surface area contributed by atoms with Crippen LogP contribution >= 0.6 is 11.3 Å². The molecule has 2 amide bonds. The first-order valence-corrected chi connectivity index (χ1v) is 7.17. The van der Waals surface area contributed by atoms with Gasteiger partial charge in [-0.25, -0.2) is 4.79 Å². The van der Waals surface area contributed by atoms with Crippen LogP contribution in [0, 0.1) is 0 Å². The molecule has 1 aromatic heterocycles. The molecule has 0 bridgehead atoms. The number of nitrogens with one attached hydrogen (secondary N) is 2. The van der Waals surface area contributed by atoms with Crippen LogP contribution in [-0.2, 0) is 5.66 Å². The Labute approximate surface area is 115 Å². The van der Waals surface area contributed by atoms with E-state index in [0.29, 0.717) is 0 Å². The van der Waals surface area contributed by atoms with Gasteiger partial charge in [-0.15, -0.1) is 11.3 Å². The van der Waals surface area contributed by atoms with Crippen LogP contribution in [0.4, 0.5) is 10.5 Å². The summed E-state index contributed by atoms with van der Waals surface area (Å²) in [6.45, 7) is 1.53. The predicted molar refractivity (Wildman–Crippen MR) is 75.3 cm³/mol. The molecule has 2 N–H and O–H groups in total. The van der Waals surface area contributed by atoms with E-state index in [1.54, 1.807) is 11.3 Å². The van der Waals surface area contributed by atoms with Crippen LogP contribution < -0.4 is 10.6 Å². The standard InChI is InChI=1S/C14H13N3OS/c18-13-16-11-5-2-1-4-10(11)14(12-6-3-9-19-12)15-7-8-17(13)14/h1-6,9,15H,7-8H2,(H,16,18). The molecule has 0 saturated carbocycles. The van der Waals surface area contributed by atoms with E-state index in [0.717, 1.165) is 29.2 Å². The Morgan fingerprint density at radius 3 is 2.95 bits per heavy atom. The number of anilines is 1. The minimum atomic E-state index is -0.493. The molecule has 0 spiro atoms. The quantitative estimate of drug-likeness (QED) is 0.836. The molecule has 4 rings (SSSR count). The Hall–Kier alpha value is -1.85. The molecule has 1 aromatic carbocycles. The second-order valence-electron chi connectivity index (χ2n) is 4.74. The highest BCUT2D eigenvalue weighted by atomic mass is 32.1. The van der Waals surface area contributed by atoms with Crippen LogP contribution in [0.5, 0.6) is 0 Å². The van der Waals surface area contributed by atoms with E-state index in [4.69, 9.17) is 0 Å². The molecule has 1 unspecified atom stereocenters. The lowest BCUT2D eigenvalue weighted by Crippen LogP contribution is -2.56. The van der Waals surface area contributed by atoms with E-state index in [1.165, 1.54) is 0 Å². The van der Waals surface area contributed by atoms with Crippen molar-refractivity contribution in [3.63, 3.8) is 0 Å². The maximum absolute atomic E-state index is 12.3. The minimum Gasteiger partial charge on any atom is -0.307 e. The Morgan fingerprint density at radius 2 is 2.11 bits per heavy atom. The lowest BCUT2D eigenvalue weighted by Gasteiger charge is -2.42. The molecule has 1 fully saturated rings. The maximum atomic E-state index is 12.3. The van der Waals surface area contributed by atoms with E-state index < -0.39 is 5.66 Å². The van der Waals surface area contributed by atoms with Gasteiger partial charge >= 0.3 is 6.03 Å². The summed E-state index contributed by atoms with van der Waals surface area (Å²) in [5, 5.41) is 8.56. The zero-order valence-corrected chi connectivity index (χ0v) is 11.0. The normalized spacial score (nSPS) is 24.8. The van der Waals surface area contributed by atoms with Crippen molar-refractivity contribution in [1.29, 1.82) is 0 Å². The molecule has 96 valence electrons. The highest BCUT2D eigenvalue weighted by Crippen LogP contribution is 2.44. The van der Waals surface area contributed by atoms with Crippen molar-refractivity contribution in [1.82, 2.24) is 10.2 Å². The second kappa shape index (κ2) is 3.82. The van der Waals surface area contributed by atoms with E-state index in [2.05, 4.69) is 28.1 Å². The van der Waals surface area contributed by atoms with Crippen molar-refractivity contribution in [3.8, 4) is 0 Å². The summed E-state index contributed by atoms with van der Waals surface area (Å²) in [6.07, 6.45) is 0. The third-order valence-electron chi connectivity index (χ3n) is 3.80. The van der Waals surface area contributed by atoms with Crippen LogP contribution in [-0.4, -0.2) is 24.0 Å². The minimum absolute atomic E-state index is 0.0305. The first-order chi connectivity index (χ1) is 9.32. The lowest BCUT2D eigenvalue weighted by molar-refractivity contribution is 0.168. The van der Waals surface area contributed by atoms with Gasteiger partial charge in [-0.3, -0.25) is 10.2 Å². The summed E-state index contributed by atoms with van der Waals surface area (Å²) in [6, 6.07) is 12.1. The molecule has 0 radical (unpaired) electrons. The van der Waals surface area contributed by atoms with Crippen molar-refractivity contribution in [2.45, 2.75) is 5.66 Å². The van der Waals surface area contributed by atoms with Gasteiger partial charge in [0.1, 0.15) is 0 Å². The number of carbonyl (C=O) groups is 1. The molecule has 19 heavy (non-hydrogen) atoms. The van der Waals surface area contributed by atoms with E-state index in [1.807, 2.05) is 29.2 Å². The van der Waals surface area contributed by atoms with Gasteiger partial charge in [0.15, 0.2) is 5.66 Å². The number of hydrogen-bond acceptors (Lipinski definition) is 3. The monoisotopic (exact) mass is 271 g/mol. The molecular formula is C14H13N3OS.